The van der Waals surface area contributed by atoms with E-state index in [1.165, 1.54) is 32.3 Å². The maximum absolute atomic E-state index is 8.95. The average Bonchev–Trinajstić information content (AvgIpc) is 3.68. The van der Waals surface area contributed by atoms with Crippen molar-refractivity contribution >= 4 is 139 Å². The van der Waals surface area contributed by atoms with Crippen LogP contribution in [0.15, 0.2) is 172 Å². The highest BCUT2D eigenvalue weighted by Crippen LogP contribution is 2.39. The first-order chi connectivity index (χ1) is 29.2. The fraction of sp³-hybridized carbons (Fsp3) is 0. The third-order valence-electron chi connectivity index (χ3n) is 11.3. The summed E-state index contributed by atoms with van der Waals surface area (Å²) in [6.45, 7) is 0. The molecule has 0 unspecified atom stereocenters. The maximum Gasteiger partial charge on any atom is 0.161 e. The van der Waals surface area contributed by atoms with Crippen molar-refractivity contribution in [1.29, 1.82) is 5.41 Å². The van der Waals surface area contributed by atoms with Gasteiger partial charge in [0.1, 0.15) is 50.4 Å². The highest BCUT2D eigenvalue weighted by atomic mass is 16.3. The quantitative estimate of drug-likeness (QED) is 0.0858. The first kappa shape index (κ1) is 37.2. The Labute approximate surface area is 353 Å². The van der Waals surface area contributed by atoms with Crippen LogP contribution in [0.5, 0.6) is 0 Å². The number of amidine groups is 2. The highest BCUT2D eigenvalue weighted by Gasteiger charge is 2.17. The van der Waals surface area contributed by atoms with Crippen LogP contribution < -0.4 is 27.3 Å². The predicted molar refractivity (Wildman–Crippen MR) is 258 cm³/mol. The van der Waals surface area contributed by atoms with Gasteiger partial charge >= 0.3 is 0 Å². The number of aliphatic imine (C=N–C) groups is 2. The number of benzene rings is 9. The summed E-state index contributed by atoms with van der Waals surface area (Å²) in [5.41, 5.74) is 7.72. The number of hydrogen-bond acceptors (Lipinski definition) is 2. The van der Waals surface area contributed by atoms with Crippen LogP contribution in [0.2, 0.25) is 0 Å². The second kappa shape index (κ2) is 14.9. The summed E-state index contributed by atoms with van der Waals surface area (Å²) in [7, 11) is 31.5. The fourth-order valence-corrected chi connectivity index (χ4v) is 8.27. The number of hydrogen-bond donors (Lipinski definition) is 1. The van der Waals surface area contributed by atoms with Crippen molar-refractivity contribution in [3.8, 4) is 22.3 Å². The topological polar surface area (TPSA) is 61.7 Å². The lowest BCUT2D eigenvalue weighted by Gasteiger charge is -2.21. The Kier molecular flexibility index (Phi) is 9.25. The molecule has 10 aromatic rings. The van der Waals surface area contributed by atoms with Crippen molar-refractivity contribution in [2.75, 3.05) is 0 Å². The minimum Gasteiger partial charge on any atom is -0.456 e. The zero-order valence-corrected chi connectivity index (χ0v) is 32.3. The van der Waals surface area contributed by atoms with E-state index < -0.39 is 0 Å². The van der Waals surface area contributed by atoms with E-state index in [2.05, 4.69) is 78.9 Å². The van der Waals surface area contributed by atoms with Gasteiger partial charge in [-0.25, -0.2) is 9.98 Å². The molecule has 1 aromatic heterocycles. The molecule has 0 fully saturated rings. The molecule has 268 valence electrons. The zero-order valence-electron chi connectivity index (χ0n) is 32.3. The van der Waals surface area contributed by atoms with E-state index in [1.54, 1.807) is 6.21 Å². The van der Waals surface area contributed by atoms with Crippen molar-refractivity contribution < 1.29 is 4.42 Å². The van der Waals surface area contributed by atoms with Crippen molar-refractivity contribution in [3.63, 3.8) is 0 Å². The van der Waals surface area contributed by atoms with Crippen molar-refractivity contribution in [2.24, 2.45) is 9.98 Å². The van der Waals surface area contributed by atoms with Gasteiger partial charge in [0.05, 0.1) is 0 Å². The molecule has 9 aromatic carbocycles. The Balaban J connectivity index is 1.10. The van der Waals surface area contributed by atoms with E-state index in [4.69, 9.17) is 59.0 Å². The molecular weight excluding hydrogens is 725 g/mol. The molecule has 0 bridgehead atoms. The van der Waals surface area contributed by atoms with Crippen molar-refractivity contribution in [2.45, 2.75) is 0 Å². The normalized spacial score (nSPS) is 12.1. The molecule has 9 heteroatoms. The molecule has 0 aliphatic carbocycles. The second-order valence-electron chi connectivity index (χ2n) is 14.8. The molecule has 0 saturated carbocycles. The molecule has 0 atom stereocenters. The van der Waals surface area contributed by atoms with E-state index in [-0.39, 0.29) is 33.1 Å². The minimum absolute atomic E-state index is 0.0425. The Morgan fingerprint density at radius 3 is 1.68 bits per heavy atom. The number of nitrogens with one attached hydrogen (secondary N) is 1. The smallest absolute Gasteiger partial charge is 0.161 e. The minimum atomic E-state index is 0.0425. The lowest BCUT2D eigenvalue weighted by molar-refractivity contribution is 0.669. The lowest BCUT2D eigenvalue weighted by atomic mass is 9.59. The molecule has 0 spiro atoms. The van der Waals surface area contributed by atoms with Crippen molar-refractivity contribution in [3.05, 3.63) is 174 Å². The molecule has 10 radical (unpaired) electrons. The number of nitrogens with zero attached hydrogens (tertiary/aromatic N) is 2. The van der Waals surface area contributed by atoms with E-state index in [9.17, 15) is 0 Å². The Bertz CT molecular complexity index is 3400. The van der Waals surface area contributed by atoms with E-state index in [1.807, 2.05) is 78.9 Å². The standard InChI is InChI=1S/C51H28B5N3O/c52-45-44(46(53)48(55)49(56)47(45)54)31-12-8-13-32(24-31)51(59-50(57)28-10-2-1-3-11-28)58-27-33-14-9-19-42-43(33)40-26-30(21-23-41(40)60-42)29-20-22-38-36-17-5-4-15-34(36)35-16-6-7-18-37(35)39(38)25-29/h1-27,57H. The summed E-state index contributed by atoms with van der Waals surface area (Å²) < 4.78 is 6.41. The van der Waals surface area contributed by atoms with Gasteiger partial charge in [0, 0.05) is 33.7 Å². The first-order valence-electron chi connectivity index (χ1n) is 19.4. The van der Waals surface area contributed by atoms with Crippen LogP contribution >= 0.6 is 0 Å². The first-order valence-corrected chi connectivity index (χ1v) is 19.4. The van der Waals surface area contributed by atoms with Gasteiger partial charge in [0.2, 0.25) is 0 Å². The van der Waals surface area contributed by atoms with Gasteiger partial charge in [-0.1, -0.05) is 138 Å². The molecular formula is C51H28B5N3O. The summed E-state index contributed by atoms with van der Waals surface area (Å²) in [4.78, 5) is 9.73. The SMILES string of the molecule is [B]c1c([B])c([B])c(-c2cccc(C(N=Cc3cccc4oc5ccc(-c6ccc7c8ccccc8c8ccccc8c7c6)cc5c34)=NC(=N)c3ccccc3)c2)c([B])c1[B]. The Hall–Kier alpha value is -7.11. The molecule has 10 rings (SSSR count). The van der Waals surface area contributed by atoms with Crippen LogP contribution in [0.4, 0.5) is 0 Å². The van der Waals surface area contributed by atoms with Gasteiger partial charge in [-0.3, -0.25) is 5.41 Å². The van der Waals surface area contributed by atoms with Crippen LogP contribution in [0.25, 0.3) is 76.5 Å². The molecule has 0 saturated heterocycles. The highest BCUT2D eigenvalue weighted by molar-refractivity contribution is 6.68. The van der Waals surface area contributed by atoms with Gasteiger partial charge in [-0.2, -0.15) is 0 Å². The largest absolute Gasteiger partial charge is 0.456 e. The van der Waals surface area contributed by atoms with E-state index in [0.717, 1.165) is 38.6 Å². The molecule has 0 amide bonds. The monoisotopic (exact) mass is 753 g/mol. The summed E-state index contributed by atoms with van der Waals surface area (Å²) in [5.74, 6) is 0.335. The van der Waals surface area contributed by atoms with Gasteiger partial charge in [-0.05, 0) is 84.9 Å². The Morgan fingerprint density at radius 2 is 1.00 bits per heavy atom. The summed E-state index contributed by atoms with van der Waals surface area (Å²) in [6, 6.07) is 52.9. The fourth-order valence-electron chi connectivity index (χ4n) is 8.27. The van der Waals surface area contributed by atoms with Gasteiger partial charge in [-0.15, -0.1) is 16.4 Å². The molecule has 60 heavy (non-hydrogen) atoms. The zero-order chi connectivity index (χ0) is 41.1. The number of rotatable bonds is 5. The number of fused-ring (bicyclic) bond motifs is 9. The van der Waals surface area contributed by atoms with Crippen LogP contribution in [-0.4, -0.2) is 57.1 Å². The van der Waals surface area contributed by atoms with Crippen molar-refractivity contribution in [1.82, 2.24) is 0 Å². The van der Waals surface area contributed by atoms with E-state index >= 15 is 0 Å². The molecule has 1 heterocycles. The molecule has 0 aliphatic rings. The predicted octanol–water partition coefficient (Wildman–Crippen LogP) is 7.24. The molecule has 1 N–H and O–H groups in total. The average molecular weight is 753 g/mol. The number of furan rings is 1. The van der Waals surface area contributed by atoms with E-state index in [0.29, 0.717) is 28.1 Å². The van der Waals surface area contributed by atoms with Crippen LogP contribution in [-0.2, 0) is 0 Å². The summed E-state index contributed by atoms with van der Waals surface area (Å²) in [6.07, 6.45) is 1.77. The third-order valence-corrected chi connectivity index (χ3v) is 11.3. The summed E-state index contributed by atoms with van der Waals surface area (Å²) >= 11 is 0. The lowest BCUT2D eigenvalue weighted by Crippen LogP contribution is -2.55. The van der Waals surface area contributed by atoms with Gasteiger partial charge in [0.15, 0.2) is 11.7 Å². The maximum atomic E-state index is 8.95. The van der Waals surface area contributed by atoms with Crippen LogP contribution in [0.1, 0.15) is 16.7 Å². The van der Waals surface area contributed by atoms with Crippen LogP contribution in [0.3, 0.4) is 0 Å². The summed E-state index contributed by atoms with van der Waals surface area (Å²) in [5, 5.41) is 18.2. The van der Waals surface area contributed by atoms with Crippen LogP contribution in [0, 0.1) is 5.41 Å². The third kappa shape index (κ3) is 6.29. The van der Waals surface area contributed by atoms with Gasteiger partial charge in [0.25, 0.3) is 0 Å². The molecule has 0 aliphatic heterocycles. The second-order valence-corrected chi connectivity index (χ2v) is 14.8. The Morgan fingerprint density at radius 1 is 0.450 bits per heavy atom. The molecule has 4 nitrogen and oxygen atoms in total. The van der Waals surface area contributed by atoms with Gasteiger partial charge < -0.3 is 4.42 Å².